The summed E-state index contributed by atoms with van der Waals surface area (Å²) in [6.07, 6.45) is -0.677. The molecule has 0 saturated heterocycles. The third-order valence-electron chi connectivity index (χ3n) is 2.80. The number of benzene rings is 2. The van der Waals surface area contributed by atoms with Gasteiger partial charge >= 0.3 is 6.09 Å². The van der Waals surface area contributed by atoms with E-state index in [-0.39, 0.29) is 5.91 Å². The molecule has 7 heteroatoms. The third kappa shape index (κ3) is 4.89. The second-order valence-electron chi connectivity index (χ2n) is 4.57. The molecule has 0 aliphatic carbocycles. The standard InChI is InChI=1S/C16H15ClN2O4/c1-10(20)18-11-3-5-12(6-4-11)23-16(21)19-15-8-7-13(22-2)9-14(15)17/h3-9H,1-2H3,(H,18,20)(H,19,21). The molecule has 0 heterocycles. The lowest BCUT2D eigenvalue weighted by atomic mass is 10.3. The van der Waals surface area contributed by atoms with E-state index in [4.69, 9.17) is 21.1 Å². The SMILES string of the molecule is COc1ccc(NC(=O)Oc2ccc(NC(C)=O)cc2)c(Cl)c1. The predicted octanol–water partition coefficient (Wildman–Crippen LogP) is 3.92. The molecule has 0 unspecified atom stereocenters. The summed E-state index contributed by atoms with van der Waals surface area (Å²) in [4.78, 5) is 22.8. The van der Waals surface area contributed by atoms with Gasteiger partial charge in [0.25, 0.3) is 0 Å². The molecule has 2 N–H and O–H groups in total. The molecule has 2 amide bonds. The Morgan fingerprint density at radius 3 is 2.22 bits per heavy atom. The maximum absolute atomic E-state index is 11.9. The van der Waals surface area contributed by atoms with Gasteiger partial charge in [-0.3, -0.25) is 10.1 Å². The molecule has 120 valence electrons. The number of rotatable bonds is 4. The van der Waals surface area contributed by atoms with Gasteiger partial charge in [-0.05, 0) is 36.4 Å². The number of carbonyl (C=O) groups excluding carboxylic acids is 2. The highest BCUT2D eigenvalue weighted by molar-refractivity contribution is 6.33. The fourth-order valence-corrected chi connectivity index (χ4v) is 1.99. The molecule has 0 bridgehead atoms. The molecule has 6 nitrogen and oxygen atoms in total. The highest BCUT2D eigenvalue weighted by Gasteiger charge is 2.09. The van der Waals surface area contributed by atoms with E-state index in [0.29, 0.717) is 27.9 Å². The normalized spacial score (nSPS) is 9.87. The zero-order valence-corrected chi connectivity index (χ0v) is 13.3. The minimum Gasteiger partial charge on any atom is -0.497 e. The van der Waals surface area contributed by atoms with Gasteiger partial charge in [-0.1, -0.05) is 11.6 Å². The van der Waals surface area contributed by atoms with Gasteiger partial charge in [-0.15, -0.1) is 0 Å². The second-order valence-corrected chi connectivity index (χ2v) is 4.97. The van der Waals surface area contributed by atoms with Crippen molar-refractivity contribution in [3.05, 3.63) is 47.5 Å². The first-order valence-corrected chi connectivity index (χ1v) is 7.06. The average molecular weight is 335 g/mol. The number of carbonyl (C=O) groups is 2. The Morgan fingerprint density at radius 2 is 1.65 bits per heavy atom. The minimum absolute atomic E-state index is 0.175. The molecule has 2 aromatic carbocycles. The van der Waals surface area contributed by atoms with Crippen LogP contribution >= 0.6 is 11.6 Å². The van der Waals surface area contributed by atoms with Gasteiger partial charge < -0.3 is 14.8 Å². The van der Waals surface area contributed by atoms with E-state index in [1.807, 2.05) is 0 Å². The van der Waals surface area contributed by atoms with Crippen LogP contribution in [0.3, 0.4) is 0 Å². The molecule has 0 atom stereocenters. The predicted molar refractivity (Wildman–Crippen MR) is 88.4 cm³/mol. The van der Waals surface area contributed by atoms with Crippen molar-refractivity contribution in [3.63, 3.8) is 0 Å². The molecule has 0 spiro atoms. The van der Waals surface area contributed by atoms with Crippen LogP contribution in [-0.2, 0) is 4.79 Å². The topological polar surface area (TPSA) is 76.7 Å². The van der Waals surface area contributed by atoms with Crippen molar-refractivity contribution in [1.29, 1.82) is 0 Å². The molecule has 2 aromatic rings. The Balaban J connectivity index is 1.98. The number of anilines is 2. The second kappa shape index (κ2) is 7.51. The van der Waals surface area contributed by atoms with Crippen LogP contribution < -0.4 is 20.1 Å². The summed E-state index contributed by atoms with van der Waals surface area (Å²) >= 11 is 6.03. The average Bonchev–Trinajstić information content (AvgIpc) is 2.50. The van der Waals surface area contributed by atoms with Crippen LogP contribution in [-0.4, -0.2) is 19.1 Å². The van der Waals surface area contributed by atoms with Gasteiger partial charge in [-0.25, -0.2) is 4.79 Å². The number of nitrogens with one attached hydrogen (secondary N) is 2. The summed E-state index contributed by atoms with van der Waals surface area (Å²) in [5.41, 5.74) is 1.02. The van der Waals surface area contributed by atoms with Gasteiger partial charge in [0.2, 0.25) is 5.91 Å². The van der Waals surface area contributed by atoms with Crippen molar-refractivity contribution in [1.82, 2.24) is 0 Å². The number of ether oxygens (including phenoxy) is 2. The van der Waals surface area contributed by atoms with Crippen LogP contribution in [0.5, 0.6) is 11.5 Å². The minimum atomic E-state index is -0.677. The highest BCUT2D eigenvalue weighted by atomic mass is 35.5. The fraction of sp³-hybridized carbons (Fsp3) is 0.125. The largest absolute Gasteiger partial charge is 0.497 e. The highest BCUT2D eigenvalue weighted by Crippen LogP contribution is 2.27. The maximum Gasteiger partial charge on any atom is 0.417 e. The number of halogens is 1. The van der Waals surface area contributed by atoms with Crippen LogP contribution in [0.4, 0.5) is 16.2 Å². The van der Waals surface area contributed by atoms with Crippen LogP contribution in [0.25, 0.3) is 0 Å². The van der Waals surface area contributed by atoms with Crippen molar-refractivity contribution in [2.75, 3.05) is 17.7 Å². The fourth-order valence-electron chi connectivity index (χ4n) is 1.78. The van der Waals surface area contributed by atoms with E-state index in [9.17, 15) is 9.59 Å². The molecule has 0 aliphatic heterocycles. The lowest BCUT2D eigenvalue weighted by Gasteiger charge is -2.09. The van der Waals surface area contributed by atoms with Crippen molar-refractivity contribution in [2.45, 2.75) is 6.92 Å². The van der Waals surface area contributed by atoms with Gasteiger partial charge in [-0.2, -0.15) is 0 Å². The van der Waals surface area contributed by atoms with Gasteiger partial charge in [0.1, 0.15) is 11.5 Å². The number of amides is 2. The zero-order chi connectivity index (χ0) is 16.8. The molecule has 0 aliphatic rings. The Bertz CT molecular complexity index is 717. The van der Waals surface area contributed by atoms with E-state index < -0.39 is 6.09 Å². The first-order chi connectivity index (χ1) is 11.0. The lowest BCUT2D eigenvalue weighted by molar-refractivity contribution is -0.114. The van der Waals surface area contributed by atoms with E-state index in [1.165, 1.54) is 14.0 Å². The first-order valence-electron chi connectivity index (χ1n) is 6.68. The van der Waals surface area contributed by atoms with E-state index >= 15 is 0 Å². The Hall–Kier alpha value is -2.73. The van der Waals surface area contributed by atoms with Crippen molar-refractivity contribution in [3.8, 4) is 11.5 Å². The monoisotopic (exact) mass is 334 g/mol. The van der Waals surface area contributed by atoms with Crippen LogP contribution in [0, 0.1) is 0 Å². The molecule has 23 heavy (non-hydrogen) atoms. The van der Waals surface area contributed by atoms with Crippen LogP contribution in [0.15, 0.2) is 42.5 Å². The quantitative estimate of drug-likeness (QED) is 0.888. The lowest BCUT2D eigenvalue weighted by Crippen LogP contribution is -2.17. The smallest absolute Gasteiger partial charge is 0.417 e. The summed E-state index contributed by atoms with van der Waals surface area (Å²) in [6.45, 7) is 1.41. The first kappa shape index (κ1) is 16.6. The molecular weight excluding hydrogens is 320 g/mol. The van der Waals surface area contributed by atoms with Crippen molar-refractivity contribution >= 4 is 35.0 Å². The van der Waals surface area contributed by atoms with E-state index in [2.05, 4.69) is 10.6 Å². The van der Waals surface area contributed by atoms with Crippen molar-refractivity contribution in [2.24, 2.45) is 0 Å². The van der Waals surface area contributed by atoms with Crippen LogP contribution in [0.2, 0.25) is 5.02 Å². The summed E-state index contributed by atoms with van der Waals surface area (Å²) in [7, 11) is 1.53. The number of hydrogen-bond donors (Lipinski definition) is 2. The molecule has 0 aromatic heterocycles. The Morgan fingerprint density at radius 1 is 1.00 bits per heavy atom. The van der Waals surface area contributed by atoms with Gasteiger partial charge in [0.05, 0.1) is 17.8 Å². The van der Waals surface area contributed by atoms with Crippen molar-refractivity contribution < 1.29 is 19.1 Å². The summed E-state index contributed by atoms with van der Waals surface area (Å²) in [6, 6.07) is 11.3. The van der Waals surface area contributed by atoms with E-state index in [1.54, 1.807) is 42.5 Å². The molecule has 2 rings (SSSR count). The number of methoxy groups -OCH3 is 1. The van der Waals surface area contributed by atoms with Gasteiger partial charge in [0, 0.05) is 18.7 Å². The van der Waals surface area contributed by atoms with E-state index in [0.717, 1.165) is 0 Å². The molecule has 0 fully saturated rings. The number of hydrogen-bond acceptors (Lipinski definition) is 4. The molecular formula is C16H15ClN2O4. The van der Waals surface area contributed by atoms with Crippen LogP contribution in [0.1, 0.15) is 6.92 Å². The third-order valence-corrected chi connectivity index (χ3v) is 3.11. The Labute approximate surface area is 138 Å². The molecule has 0 radical (unpaired) electrons. The zero-order valence-electron chi connectivity index (χ0n) is 12.6. The maximum atomic E-state index is 11.9. The molecule has 0 saturated carbocycles. The summed E-state index contributed by atoms with van der Waals surface area (Å²) in [5.74, 6) is 0.745. The summed E-state index contributed by atoms with van der Waals surface area (Å²) in [5, 5.41) is 5.49. The van der Waals surface area contributed by atoms with Gasteiger partial charge in [0.15, 0.2) is 0 Å². The summed E-state index contributed by atoms with van der Waals surface area (Å²) < 4.78 is 10.2. The Kier molecular flexibility index (Phi) is 5.43.